The van der Waals surface area contributed by atoms with E-state index < -0.39 is 14.0 Å². The quantitative estimate of drug-likeness (QED) is 0.342. The summed E-state index contributed by atoms with van der Waals surface area (Å²) >= 11 is 0. The van der Waals surface area contributed by atoms with Crippen molar-refractivity contribution in [2.24, 2.45) is 0 Å². The highest BCUT2D eigenvalue weighted by atomic mass is 28.3. The third kappa shape index (κ3) is 4.85. The van der Waals surface area contributed by atoms with Crippen LogP contribution in [0.15, 0.2) is 66.7 Å². The van der Waals surface area contributed by atoms with Crippen LogP contribution < -0.4 is 0 Å². The lowest BCUT2D eigenvalue weighted by Gasteiger charge is -2.13. The molecule has 0 heterocycles. The summed E-state index contributed by atoms with van der Waals surface area (Å²) in [7, 11) is -1.45. The van der Waals surface area contributed by atoms with Gasteiger partial charge in [0.2, 0.25) is 0 Å². The van der Waals surface area contributed by atoms with Gasteiger partial charge in [-0.3, -0.25) is 5.92 Å². The standard InChI is InChI=1S/C26H21O2Si/c1-5-19-9-13-21(14-10-19)23-7-6-8-24(25(23)26(27)28)22-15-11-20(12-16-22)17-18-29(2,3)4/h6-16H,2-4H3,(H,27,28)/q-1. The van der Waals surface area contributed by atoms with Crippen molar-refractivity contribution in [1.82, 2.24) is 0 Å². The fraction of sp³-hybridized carbons (Fsp3) is 0.115. The number of carboxylic acid groups (broad SMARTS) is 1. The topological polar surface area (TPSA) is 37.3 Å². The first kappa shape index (κ1) is 20.2. The van der Waals surface area contributed by atoms with Crippen molar-refractivity contribution in [2.45, 2.75) is 19.6 Å². The maximum atomic E-state index is 12.1. The van der Waals surface area contributed by atoms with Crippen molar-refractivity contribution in [3.63, 3.8) is 0 Å². The number of aromatic carboxylic acids is 1. The van der Waals surface area contributed by atoms with E-state index in [0.29, 0.717) is 16.7 Å². The Morgan fingerprint density at radius 1 is 0.828 bits per heavy atom. The van der Waals surface area contributed by atoms with E-state index in [1.807, 2.05) is 54.6 Å². The Balaban J connectivity index is 2.07. The van der Waals surface area contributed by atoms with E-state index in [1.165, 1.54) is 0 Å². The number of rotatable bonds is 3. The van der Waals surface area contributed by atoms with Gasteiger partial charge in [0, 0.05) is 5.56 Å². The van der Waals surface area contributed by atoms with Crippen LogP contribution in [-0.2, 0) is 0 Å². The third-order valence-electron chi connectivity index (χ3n) is 4.40. The van der Waals surface area contributed by atoms with Gasteiger partial charge in [-0.1, -0.05) is 68.0 Å². The number of carbonyl (C=O) groups is 1. The maximum absolute atomic E-state index is 12.1. The summed E-state index contributed by atoms with van der Waals surface area (Å²) in [5.41, 5.74) is 8.14. The summed E-state index contributed by atoms with van der Waals surface area (Å²) in [5, 5.41) is 9.94. The van der Waals surface area contributed by atoms with Crippen LogP contribution in [0.4, 0.5) is 0 Å². The Morgan fingerprint density at radius 2 is 1.31 bits per heavy atom. The zero-order chi connectivity index (χ0) is 21.0. The van der Waals surface area contributed by atoms with Gasteiger partial charge in [-0.2, -0.15) is 0 Å². The molecular weight excluding hydrogens is 372 g/mol. The largest absolute Gasteiger partial charge is 0.478 e. The van der Waals surface area contributed by atoms with Crippen LogP contribution in [0, 0.1) is 23.8 Å². The lowest BCUT2D eigenvalue weighted by Crippen LogP contribution is -2.16. The predicted molar refractivity (Wildman–Crippen MR) is 121 cm³/mol. The lowest BCUT2D eigenvalue weighted by atomic mass is 9.91. The summed E-state index contributed by atoms with van der Waals surface area (Å²) in [6.45, 7) is 6.60. The Morgan fingerprint density at radius 3 is 1.72 bits per heavy atom. The molecule has 0 unspecified atom stereocenters. The van der Waals surface area contributed by atoms with Crippen LogP contribution in [0.25, 0.3) is 22.3 Å². The molecule has 2 nitrogen and oxygen atoms in total. The zero-order valence-corrected chi connectivity index (χ0v) is 17.7. The van der Waals surface area contributed by atoms with Gasteiger partial charge in [-0.05, 0) is 34.4 Å². The highest BCUT2D eigenvalue weighted by Gasteiger charge is 2.17. The molecule has 0 aliphatic rings. The molecule has 142 valence electrons. The number of hydrogen-bond acceptors (Lipinski definition) is 1. The van der Waals surface area contributed by atoms with Crippen LogP contribution in [-0.4, -0.2) is 19.1 Å². The molecule has 0 bridgehead atoms. The minimum atomic E-state index is -1.45. The Hall–Kier alpha value is -3.53. The van der Waals surface area contributed by atoms with Crippen molar-refractivity contribution < 1.29 is 9.90 Å². The molecule has 0 atom stereocenters. The van der Waals surface area contributed by atoms with Crippen molar-refractivity contribution in [3.05, 3.63) is 89.8 Å². The maximum Gasteiger partial charge on any atom is 0.336 e. The van der Waals surface area contributed by atoms with Gasteiger partial charge in [0.15, 0.2) is 0 Å². The van der Waals surface area contributed by atoms with E-state index in [4.69, 9.17) is 6.42 Å². The molecule has 0 aromatic heterocycles. The van der Waals surface area contributed by atoms with E-state index in [1.54, 1.807) is 12.1 Å². The van der Waals surface area contributed by atoms with Gasteiger partial charge in [0.25, 0.3) is 0 Å². The molecule has 0 radical (unpaired) electrons. The second-order valence-corrected chi connectivity index (χ2v) is 12.6. The van der Waals surface area contributed by atoms with E-state index >= 15 is 0 Å². The van der Waals surface area contributed by atoms with Gasteiger partial charge in [0.05, 0.1) is 5.56 Å². The summed E-state index contributed by atoms with van der Waals surface area (Å²) in [6, 6.07) is 20.4. The average molecular weight is 394 g/mol. The molecule has 29 heavy (non-hydrogen) atoms. The third-order valence-corrected chi connectivity index (χ3v) is 5.27. The van der Waals surface area contributed by atoms with Gasteiger partial charge in [-0.15, -0.1) is 23.2 Å². The molecule has 0 saturated carbocycles. The highest BCUT2D eigenvalue weighted by molar-refractivity contribution is 6.83. The normalized spacial score (nSPS) is 10.6. The summed E-state index contributed by atoms with van der Waals surface area (Å²) in [4.78, 5) is 12.1. The Kier molecular flexibility index (Phi) is 5.73. The first-order valence-electron chi connectivity index (χ1n) is 9.31. The summed E-state index contributed by atoms with van der Waals surface area (Å²) in [5.74, 6) is 4.58. The first-order chi connectivity index (χ1) is 13.8. The van der Waals surface area contributed by atoms with Crippen molar-refractivity contribution >= 4 is 14.0 Å². The van der Waals surface area contributed by atoms with E-state index in [0.717, 1.165) is 16.7 Å². The van der Waals surface area contributed by atoms with Crippen LogP contribution in [0.3, 0.4) is 0 Å². The molecule has 0 spiro atoms. The van der Waals surface area contributed by atoms with Gasteiger partial charge < -0.3 is 11.5 Å². The SMILES string of the molecule is [C-]#Cc1ccc(-c2cccc(-c3ccc(C#C[Si](C)(C)C)cc3)c2C(=O)O)cc1. The number of hydrogen-bond donors (Lipinski definition) is 1. The molecule has 0 saturated heterocycles. The van der Waals surface area contributed by atoms with E-state index in [-0.39, 0.29) is 5.56 Å². The van der Waals surface area contributed by atoms with Crippen molar-refractivity contribution in [3.8, 4) is 39.6 Å². The molecule has 0 fully saturated rings. The van der Waals surface area contributed by atoms with Crippen LogP contribution in [0.2, 0.25) is 19.6 Å². The molecule has 3 aromatic rings. The minimum Gasteiger partial charge on any atom is -0.478 e. The zero-order valence-electron chi connectivity index (χ0n) is 16.7. The molecule has 3 heteroatoms. The molecule has 3 rings (SSSR count). The fourth-order valence-electron chi connectivity index (χ4n) is 2.99. The first-order valence-corrected chi connectivity index (χ1v) is 12.8. The number of carboxylic acids is 1. The molecular formula is C26H21O2Si-. The van der Waals surface area contributed by atoms with Crippen LogP contribution in [0.1, 0.15) is 21.5 Å². The van der Waals surface area contributed by atoms with E-state index in [2.05, 4.69) is 37.0 Å². The highest BCUT2D eigenvalue weighted by Crippen LogP contribution is 2.32. The lowest BCUT2D eigenvalue weighted by molar-refractivity contribution is 0.0698. The second kappa shape index (κ2) is 8.23. The summed E-state index contributed by atoms with van der Waals surface area (Å²) < 4.78 is 0. The summed E-state index contributed by atoms with van der Waals surface area (Å²) in [6.07, 6.45) is 7.21. The average Bonchev–Trinajstić information content (AvgIpc) is 2.71. The Bertz CT molecular complexity index is 1150. The van der Waals surface area contributed by atoms with Gasteiger partial charge >= 0.3 is 5.97 Å². The van der Waals surface area contributed by atoms with Gasteiger partial charge in [0.1, 0.15) is 8.07 Å². The smallest absolute Gasteiger partial charge is 0.336 e. The van der Waals surface area contributed by atoms with Gasteiger partial charge in [-0.25, -0.2) is 4.79 Å². The molecule has 0 aliphatic heterocycles. The molecule has 3 aromatic carbocycles. The van der Waals surface area contributed by atoms with Crippen LogP contribution >= 0.6 is 0 Å². The molecule has 0 amide bonds. The monoisotopic (exact) mass is 393 g/mol. The van der Waals surface area contributed by atoms with Crippen LogP contribution in [0.5, 0.6) is 0 Å². The molecule has 0 aliphatic carbocycles. The molecule has 1 N–H and O–H groups in total. The fourth-order valence-corrected chi connectivity index (χ4v) is 3.51. The second-order valence-electron chi connectivity index (χ2n) is 7.81. The minimum absolute atomic E-state index is 0.264. The Labute approximate surface area is 173 Å². The predicted octanol–water partition coefficient (Wildman–Crippen LogP) is 5.89. The number of benzene rings is 3. The van der Waals surface area contributed by atoms with Crippen molar-refractivity contribution in [1.29, 1.82) is 0 Å². The van der Waals surface area contributed by atoms with Crippen molar-refractivity contribution in [2.75, 3.05) is 0 Å². The van der Waals surface area contributed by atoms with E-state index in [9.17, 15) is 9.90 Å².